The number of aromatic hydroxyl groups is 1. The number of phenols is 1. The third-order valence-corrected chi connectivity index (χ3v) is 7.72. The average molecular weight is 467 g/mol. The second-order valence-corrected chi connectivity index (χ2v) is 9.89. The Morgan fingerprint density at radius 1 is 1.14 bits per heavy atom. The smallest absolute Gasteiger partial charge is 0.274 e. The lowest BCUT2D eigenvalue weighted by molar-refractivity contribution is -0.00804. The highest BCUT2D eigenvalue weighted by Gasteiger charge is 2.51. The van der Waals surface area contributed by atoms with Gasteiger partial charge in [-0.05, 0) is 104 Å². The number of benzene rings is 2. The van der Waals surface area contributed by atoms with Crippen LogP contribution >= 0.6 is 0 Å². The summed E-state index contributed by atoms with van der Waals surface area (Å²) in [5.41, 5.74) is 3.71. The number of aliphatic hydroxyl groups is 1. The van der Waals surface area contributed by atoms with E-state index in [0.717, 1.165) is 31.4 Å². The Hall–Kier alpha value is -3.62. The van der Waals surface area contributed by atoms with Crippen molar-refractivity contribution in [2.24, 2.45) is 5.92 Å². The molecule has 5 heteroatoms. The minimum Gasteiger partial charge on any atom is -0.508 e. The summed E-state index contributed by atoms with van der Waals surface area (Å²) in [7, 11) is 0. The molecule has 0 aliphatic heterocycles. The van der Waals surface area contributed by atoms with Crippen LogP contribution < -0.4 is 5.32 Å². The molecule has 2 aliphatic carbocycles. The van der Waals surface area contributed by atoms with Crippen LogP contribution in [0.15, 0.2) is 66.9 Å². The Morgan fingerprint density at radius 3 is 2.71 bits per heavy atom. The highest BCUT2D eigenvalue weighted by Crippen LogP contribution is 2.54. The summed E-state index contributed by atoms with van der Waals surface area (Å²) in [6, 6.07) is 19.0. The molecule has 3 atom stereocenters. The first-order valence-corrected chi connectivity index (χ1v) is 12.2. The number of hydrogen-bond acceptors (Lipinski definition) is 4. The average Bonchev–Trinajstić information content (AvgIpc) is 2.86. The van der Waals surface area contributed by atoms with E-state index in [0.29, 0.717) is 30.2 Å². The van der Waals surface area contributed by atoms with Gasteiger partial charge in [0.05, 0.1) is 0 Å². The maximum Gasteiger partial charge on any atom is 0.274 e. The van der Waals surface area contributed by atoms with Gasteiger partial charge in [0.2, 0.25) is 0 Å². The van der Waals surface area contributed by atoms with Crippen LogP contribution in [-0.4, -0.2) is 26.7 Å². The normalized spacial score (nSPS) is 24.9. The van der Waals surface area contributed by atoms with Gasteiger partial charge in [0.1, 0.15) is 17.0 Å². The van der Waals surface area contributed by atoms with Gasteiger partial charge in [-0.15, -0.1) is 5.92 Å². The zero-order valence-electron chi connectivity index (χ0n) is 19.9. The molecule has 1 aromatic heterocycles. The topological polar surface area (TPSA) is 82.5 Å². The molecule has 2 aliphatic rings. The zero-order chi connectivity index (χ0) is 24.5. The van der Waals surface area contributed by atoms with E-state index in [1.807, 2.05) is 18.2 Å². The molecule has 1 amide bonds. The van der Waals surface area contributed by atoms with Crippen molar-refractivity contribution in [2.45, 2.75) is 56.5 Å². The maximum absolute atomic E-state index is 12.5. The Morgan fingerprint density at radius 2 is 1.97 bits per heavy atom. The first-order valence-electron chi connectivity index (χ1n) is 12.2. The van der Waals surface area contributed by atoms with Crippen molar-refractivity contribution in [1.82, 2.24) is 4.98 Å². The van der Waals surface area contributed by atoms with Gasteiger partial charge >= 0.3 is 0 Å². The second-order valence-electron chi connectivity index (χ2n) is 9.89. The van der Waals surface area contributed by atoms with Crippen molar-refractivity contribution < 1.29 is 15.0 Å². The lowest BCUT2D eigenvalue weighted by Crippen LogP contribution is -2.50. The van der Waals surface area contributed by atoms with E-state index in [9.17, 15) is 15.0 Å². The first-order chi connectivity index (χ1) is 16.9. The molecule has 1 fully saturated rings. The fourth-order valence-corrected chi connectivity index (χ4v) is 6.11. The summed E-state index contributed by atoms with van der Waals surface area (Å²) in [4.78, 5) is 16.6. The molecule has 0 unspecified atom stereocenters. The molecule has 5 rings (SSSR count). The molecule has 35 heavy (non-hydrogen) atoms. The highest BCUT2D eigenvalue weighted by molar-refractivity contribution is 6.02. The number of nitrogens with one attached hydrogen (secondary N) is 1. The molecule has 0 spiro atoms. The van der Waals surface area contributed by atoms with Crippen LogP contribution in [0.2, 0.25) is 0 Å². The number of fused-ring (bicyclic) bond motifs is 3. The standard InChI is InChI=1S/C30H30N2O3/c1-2-14-29(35)15-16-30(23(20-29)9-8-22-18-25(33)12-13-26(22)30)19-21-6-10-24(11-7-21)32-28(34)27-5-3-4-17-31-27/h3-7,10-13,17-18,23,33,35H,8-9,15-16,19-20H2,1H3,(H,32,34)/t23-,29+,30+/m0/s1. The van der Waals surface area contributed by atoms with Crippen LogP contribution in [0.3, 0.4) is 0 Å². The Balaban J connectivity index is 1.42. The fourth-order valence-electron chi connectivity index (χ4n) is 6.11. The van der Waals surface area contributed by atoms with Crippen LogP contribution in [0.5, 0.6) is 5.75 Å². The number of aromatic nitrogens is 1. The molecular formula is C30H30N2O3. The van der Waals surface area contributed by atoms with Gasteiger partial charge in [0.25, 0.3) is 5.91 Å². The summed E-state index contributed by atoms with van der Waals surface area (Å²) < 4.78 is 0. The zero-order valence-corrected chi connectivity index (χ0v) is 19.9. The maximum atomic E-state index is 12.5. The van der Waals surface area contributed by atoms with Crippen LogP contribution in [0.1, 0.15) is 59.8 Å². The van der Waals surface area contributed by atoms with Gasteiger partial charge in [-0.3, -0.25) is 9.78 Å². The SMILES string of the molecule is CC#C[C@@]1(O)CC[C@]2(Cc3ccc(NC(=O)c4ccccn4)cc3)c3ccc(O)cc3CC[C@H]2C1. The summed E-state index contributed by atoms with van der Waals surface area (Å²) in [5.74, 6) is 6.35. The molecule has 0 bridgehead atoms. The minimum absolute atomic E-state index is 0.123. The van der Waals surface area contributed by atoms with Gasteiger partial charge in [0.15, 0.2) is 0 Å². The predicted octanol–water partition coefficient (Wildman–Crippen LogP) is 5.02. The monoisotopic (exact) mass is 466 g/mol. The number of aryl methyl sites for hydroxylation is 1. The van der Waals surface area contributed by atoms with Crippen LogP contribution in [0.25, 0.3) is 0 Å². The van der Waals surface area contributed by atoms with Crippen molar-refractivity contribution in [3.05, 3.63) is 89.2 Å². The molecular weight excluding hydrogens is 436 g/mol. The number of phenolic OH excluding ortho intramolecular Hbond substituents is 1. The van der Waals surface area contributed by atoms with E-state index in [1.54, 1.807) is 37.4 Å². The van der Waals surface area contributed by atoms with Gasteiger partial charge in [-0.2, -0.15) is 0 Å². The third-order valence-electron chi connectivity index (χ3n) is 7.72. The number of anilines is 1. The lowest BCUT2D eigenvalue weighted by Gasteiger charge is -2.52. The van der Waals surface area contributed by atoms with E-state index < -0.39 is 5.60 Å². The Labute approximate surface area is 206 Å². The molecule has 0 saturated heterocycles. The van der Waals surface area contributed by atoms with E-state index in [-0.39, 0.29) is 11.3 Å². The Kier molecular flexibility index (Phi) is 6.08. The molecule has 0 radical (unpaired) electrons. The third kappa shape index (κ3) is 4.54. The second kappa shape index (κ2) is 9.20. The minimum atomic E-state index is -0.934. The number of carbonyl (C=O) groups excluding carboxylic acids is 1. The highest BCUT2D eigenvalue weighted by atomic mass is 16.3. The fraction of sp³-hybridized carbons (Fsp3) is 0.333. The molecule has 3 N–H and O–H groups in total. The lowest BCUT2D eigenvalue weighted by atomic mass is 9.52. The van der Waals surface area contributed by atoms with Gasteiger partial charge < -0.3 is 15.5 Å². The van der Waals surface area contributed by atoms with Crippen LogP contribution in [0.4, 0.5) is 5.69 Å². The van der Waals surface area contributed by atoms with E-state index in [1.165, 1.54) is 16.7 Å². The summed E-state index contributed by atoms with van der Waals surface area (Å²) in [5, 5.41) is 24.1. The van der Waals surface area contributed by atoms with E-state index in [4.69, 9.17) is 0 Å². The van der Waals surface area contributed by atoms with Crippen molar-refractivity contribution in [3.8, 4) is 17.6 Å². The molecule has 2 aromatic carbocycles. The van der Waals surface area contributed by atoms with Gasteiger partial charge in [0, 0.05) is 17.3 Å². The number of rotatable bonds is 4. The van der Waals surface area contributed by atoms with Crippen LogP contribution in [-0.2, 0) is 18.3 Å². The molecule has 1 saturated carbocycles. The van der Waals surface area contributed by atoms with Crippen molar-refractivity contribution >= 4 is 11.6 Å². The summed E-state index contributed by atoms with van der Waals surface area (Å²) >= 11 is 0. The number of amides is 1. The van der Waals surface area contributed by atoms with E-state index >= 15 is 0 Å². The first kappa shape index (κ1) is 23.1. The largest absolute Gasteiger partial charge is 0.508 e. The number of hydrogen-bond donors (Lipinski definition) is 3. The molecule has 3 aromatic rings. The number of nitrogens with zero attached hydrogens (tertiary/aromatic N) is 1. The van der Waals surface area contributed by atoms with Crippen molar-refractivity contribution in [1.29, 1.82) is 0 Å². The van der Waals surface area contributed by atoms with E-state index in [2.05, 4.69) is 40.3 Å². The van der Waals surface area contributed by atoms with Crippen LogP contribution in [0, 0.1) is 17.8 Å². The van der Waals surface area contributed by atoms with Gasteiger partial charge in [-0.1, -0.05) is 30.2 Å². The summed E-state index contributed by atoms with van der Waals surface area (Å²) in [6.45, 7) is 1.78. The van der Waals surface area contributed by atoms with Crippen molar-refractivity contribution in [2.75, 3.05) is 5.32 Å². The summed E-state index contributed by atoms with van der Waals surface area (Å²) in [6.07, 6.45) is 6.41. The Bertz CT molecular complexity index is 1290. The molecule has 1 heterocycles. The quantitative estimate of drug-likeness (QED) is 0.472. The number of pyridine rings is 1. The van der Waals surface area contributed by atoms with Gasteiger partial charge in [-0.25, -0.2) is 0 Å². The van der Waals surface area contributed by atoms with Crippen molar-refractivity contribution in [3.63, 3.8) is 0 Å². The predicted molar refractivity (Wildman–Crippen MR) is 136 cm³/mol. The molecule has 5 nitrogen and oxygen atoms in total. The molecule has 178 valence electrons. The number of carbonyl (C=O) groups is 1.